The molecular weight excluding hydrogens is 304 g/mol. The second kappa shape index (κ2) is 6.51. The van der Waals surface area contributed by atoms with Crippen molar-refractivity contribution in [1.29, 1.82) is 0 Å². The molecule has 1 N–H and O–H groups in total. The summed E-state index contributed by atoms with van der Waals surface area (Å²) in [6.45, 7) is 3.97. The van der Waals surface area contributed by atoms with Crippen LogP contribution in [-0.2, 0) is 9.53 Å². The molecule has 122 valence electrons. The summed E-state index contributed by atoms with van der Waals surface area (Å²) in [6, 6.07) is 11.5. The molecule has 4 rings (SSSR count). The number of aliphatic imine (C=N–C) groups is 1. The maximum absolute atomic E-state index is 13.0. The topological polar surface area (TPSA) is 59.2 Å². The predicted molar refractivity (Wildman–Crippen MR) is 90.7 cm³/mol. The van der Waals surface area contributed by atoms with Gasteiger partial charge in [-0.25, -0.2) is 4.99 Å². The van der Waals surface area contributed by atoms with Crippen molar-refractivity contribution < 1.29 is 14.4 Å². The van der Waals surface area contributed by atoms with Crippen LogP contribution in [0.15, 0.2) is 53.8 Å². The zero-order valence-electron chi connectivity index (χ0n) is 13.3. The molecule has 0 spiro atoms. The standard InChI is InChI=1S/C18H18N4O2/c23-18-17(20-14-4-3-7-19-12-14)15-5-1-2-6-16(15)22(18)13-21-8-10-24-11-9-21/h1-7,12H,8-11,13H2/p+1. The molecule has 6 nitrogen and oxygen atoms in total. The molecule has 2 aromatic rings. The molecule has 2 aliphatic rings. The molecule has 0 atom stereocenters. The van der Waals surface area contributed by atoms with Crippen molar-refractivity contribution in [2.75, 3.05) is 37.9 Å². The summed E-state index contributed by atoms with van der Waals surface area (Å²) in [5, 5.41) is 0. The van der Waals surface area contributed by atoms with Gasteiger partial charge in [0.15, 0.2) is 6.67 Å². The molecule has 1 fully saturated rings. The van der Waals surface area contributed by atoms with Crippen molar-refractivity contribution in [2.24, 2.45) is 4.99 Å². The number of hydrogen-bond acceptors (Lipinski definition) is 4. The van der Waals surface area contributed by atoms with E-state index in [1.54, 1.807) is 12.4 Å². The lowest BCUT2D eigenvalue weighted by Gasteiger charge is -2.27. The van der Waals surface area contributed by atoms with Gasteiger partial charge in [-0.3, -0.25) is 14.7 Å². The number of carbonyl (C=O) groups is 1. The minimum Gasteiger partial charge on any atom is -0.370 e. The van der Waals surface area contributed by atoms with E-state index in [-0.39, 0.29) is 5.91 Å². The maximum Gasteiger partial charge on any atom is 0.281 e. The van der Waals surface area contributed by atoms with E-state index in [2.05, 4.69) is 9.98 Å². The van der Waals surface area contributed by atoms with Gasteiger partial charge in [0.05, 0.1) is 30.8 Å². The highest BCUT2D eigenvalue weighted by atomic mass is 16.5. The summed E-state index contributed by atoms with van der Waals surface area (Å²) in [4.78, 5) is 24.8. The Morgan fingerprint density at radius 3 is 2.79 bits per heavy atom. The molecule has 6 heteroatoms. The summed E-state index contributed by atoms with van der Waals surface area (Å²) < 4.78 is 5.41. The van der Waals surface area contributed by atoms with Crippen LogP contribution in [0, 0.1) is 0 Å². The molecule has 3 heterocycles. The van der Waals surface area contributed by atoms with Gasteiger partial charge in [0.1, 0.15) is 18.8 Å². The second-order valence-electron chi connectivity index (χ2n) is 5.94. The third-order valence-corrected chi connectivity index (χ3v) is 4.37. The van der Waals surface area contributed by atoms with Crippen LogP contribution >= 0.6 is 0 Å². The molecule has 2 aliphatic heterocycles. The number of aromatic nitrogens is 1. The van der Waals surface area contributed by atoms with Gasteiger partial charge in [0.2, 0.25) is 0 Å². The Kier molecular flexibility index (Phi) is 4.06. The lowest BCUT2D eigenvalue weighted by molar-refractivity contribution is -0.906. The number of amides is 1. The Bertz CT molecular complexity index is 770. The number of anilines is 1. The highest BCUT2D eigenvalue weighted by Crippen LogP contribution is 2.29. The van der Waals surface area contributed by atoms with Gasteiger partial charge in [-0.15, -0.1) is 0 Å². The summed E-state index contributed by atoms with van der Waals surface area (Å²) >= 11 is 0. The summed E-state index contributed by atoms with van der Waals surface area (Å²) in [5.74, 6) is -0.0426. The number of hydrogen-bond donors (Lipinski definition) is 1. The summed E-state index contributed by atoms with van der Waals surface area (Å²) in [5.41, 5.74) is 3.01. The SMILES string of the molecule is O=C1C(=Nc2cccnc2)c2ccccc2N1C[NH+]1CCOCC1. The minimum absolute atomic E-state index is 0.0426. The van der Waals surface area contributed by atoms with Crippen LogP contribution in [0.1, 0.15) is 5.56 Å². The van der Waals surface area contributed by atoms with Gasteiger partial charge in [0.25, 0.3) is 5.91 Å². The normalized spacial score (nSPS) is 19.8. The number of benzene rings is 1. The fourth-order valence-corrected chi connectivity index (χ4v) is 3.12. The molecule has 1 saturated heterocycles. The van der Waals surface area contributed by atoms with Gasteiger partial charge in [-0.2, -0.15) is 0 Å². The number of carbonyl (C=O) groups excluding carboxylic acids is 1. The van der Waals surface area contributed by atoms with E-state index in [0.717, 1.165) is 37.6 Å². The van der Waals surface area contributed by atoms with E-state index in [4.69, 9.17) is 4.74 Å². The quantitative estimate of drug-likeness (QED) is 0.891. The van der Waals surface area contributed by atoms with Crippen molar-refractivity contribution in [3.63, 3.8) is 0 Å². The smallest absolute Gasteiger partial charge is 0.281 e. The Balaban J connectivity index is 1.67. The van der Waals surface area contributed by atoms with Crippen molar-refractivity contribution in [3.05, 3.63) is 54.4 Å². The number of rotatable bonds is 3. The third kappa shape index (κ3) is 2.81. The monoisotopic (exact) mass is 323 g/mol. The van der Waals surface area contributed by atoms with Gasteiger partial charge in [-0.05, 0) is 18.2 Å². The maximum atomic E-state index is 13.0. The first kappa shape index (κ1) is 15.0. The van der Waals surface area contributed by atoms with Crippen LogP contribution in [0.3, 0.4) is 0 Å². The van der Waals surface area contributed by atoms with Crippen LogP contribution in [0.4, 0.5) is 11.4 Å². The number of quaternary nitrogens is 1. The van der Waals surface area contributed by atoms with E-state index >= 15 is 0 Å². The van der Waals surface area contributed by atoms with Crippen LogP contribution in [0.5, 0.6) is 0 Å². The molecular formula is C18H19N4O2+. The number of morpholine rings is 1. The number of ether oxygens (including phenoxy) is 1. The number of nitrogens with one attached hydrogen (secondary N) is 1. The Morgan fingerprint density at radius 2 is 2.00 bits per heavy atom. The van der Waals surface area contributed by atoms with Crippen LogP contribution in [0.25, 0.3) is 0 Å². The van der Waals surface area contributed by atoms with Crippen molar-refractivity contribution in [2.45, 2.75) is 0 Å². The molecule has 1 aromatic carbocycles. The fourth-order valence-electron chi connectivity index (χ4n) is 3.12. The molecule has 0 aliphatic carbocycles. The average Bonchev–Trinajstić information content (AvgIpc) is 2.90. The summed E-state index contributed by atoms with van der Waals surface area (Å²) in [7, 11) is 0. The van der Waals surface area contributed by atoms with Gasteiger partial charge >= 0.3 is 0 Å². The first-order valence-electron chi connectivity index (χ1n) is 8.14. The van der Waals surface area contributed by atoms with Crippen molar-refractivity contribution in [3.8, 4) is 0 Å². The fraction of sp³-hybridized carbons (Fsp3) is 0.278. The van der Waals surface area contributed by atoms with Crippen LogP contribution < -0.4 is 9.80 Å². The van der Waals surface area contributed by atoms with Gasteiger partial charge < -0.3 is 9.64 Å². The molecule has 0 saturated carbocycles. The summed E-state index contributed by atoms with van der Waals surface area (Å²) in [6.07, 6.45) is 3.36. The van der Waals surface area contributed by atoms with Crippen molar-refractivity contribution in [1.82, 2.24) is 4.98 Å². The molecule has 0 bridgehead atoms. The Morgan fingerprint density at radius 1 is 1.17 bits per heavy atom. The van der Waals surface area contributed by atoms with Gasteiger partial charge in [0, 0.05) is 11.8 Å². The Hall–Kier alpha value is -2.57. The van der Waals surface area contributed by atoms with Gasteiger partial charge in [-0.1, -0.05) is 18.2 Å². The number of pyridine rings is 1. The lowest BCUT2D eigenvalue weighted by Crippen LogP contribution is -3.15. The van der Waals surface area contributed by atoms with E-state index in [9.17, 15) is 4.79 Å². The average molecular weight is 323 g/mol. The molecule has 0 radical (unpaired) electrons. The van der Waals surface area contributed by atoms with E-state index in [1.165, 1.54) is 4.90 Å². The first-order chi connectivity index (χ1) is 11.8. The van der Waals surface area contributed by atoms with E-state index in [0.29, 0.717) is 18.1 Å². The molecule has 1 aromatic heterocycles. The predicted octanol–water partition coefficient (Wildman–Crippen LogP) is 0.422. The van der Waals surface area contributed by atoms with E-state index < -0.39 is 0 Å². The first-order valence-corrected chi connectivity index (χ1v) is 8.14. The van der Waals surface area contributed by atoms with Crippen LogP contribution in [0.2, 0.25) is 0 Å². The minimum atomic E-state index is -0.0426. The zero-order chi connectivity index (χ0) is 16.4. The zero-order valence-corrected chi connectivity index (χ0v) is 13.3. The van der Waals surface area contributed by atoms with Crippen LogP contribution in [-0.4, -0.2) is 49.6 Å². The highest BCUT2D eigenvalue weighted by Gasteiger charge is 2.36. The lowest BCUT2D eigenvalue weighted by atomic mass is 10.1. The van der Waals surface area contributed by atoms with Crippen molar-refractivity contribution >= 4 is 23.0 Å². The number of fused-ring (bicyclic) bond motifs is 1. The van der Waals surface area contributed by atoms with E-state index in [1.807, 2.05) is 41.3 Å². The highest BCUT2D eigenvalue weighted by molar-refractivity contribution is 6.54. The number of para-hydroxylation sites is 1. The second-order valence-corrected chi connectivity index (χ2v) is 5.94. The molecule has 1 amide bonds. The third-order valence-electron chi connectivity index (χ3n) is 4.37. The molecule has 24 heavy (non-hydrogen) atoms. The number of nitrogens with zero attached hydrogens (tertiary/aromatic N) is 3. The molecule has 0 unspecified atom stereocenters. The largest absolute Gasteiger partial charge is 0.370 e. The Labute approximate surface area is 140 Å².